The molecule has 10 nitrogen and oxygen atoms in total. The number of carbonyl (C=O) groups excluding carboxylic acids is 3. The normalized spacial score (nSPS) is 12.4. The number of aromatic nitrogens is 2. The van der Waals surface area contributed by atoms with Crippen LogP contribution in [0.3, 0.4) is 0 Å². The first-order valence-electron chi connectivity index (χ1n) is 16.1. The number of nitrogens with zero attached hydrogens (tertiary/aromatic N) is 1. The molecular formula is C40H35N5O5. The summed E-state index contributed by atoms with van der Waals surface area (Å²) in [6.45, 7) is 0. The van der Waals surface area contributed by atoms with Gasteiger partial charge in [0.2, 0.25) is 11.8 Å². The van der Waals surface area contributed by atoms with Gasteiger partial charge < -0.3 is 26.0 Å². The third kappa shape index (κ3) is 7.29. The van der Waals surface area contributed by atoms with Crippen molar-refractivity contribution >= 4 is 34.6 Å². The fourth-order valence-electron chi connectivity index (χ4n) is 6.17. The summed E-state index contributed by atoms with van der Waals surface area (Å²) in [6, 6.07) is 36.0. The second-order valence-corrected chi connectivity index (χ2v) is 11.8. The number of fused-ring (bicyclic) bond motifs is 1. The van der Waals surface area contributed by atoms with Crippen LogP contribution in [0.2, 0.25) is 0 Å². The number of aliphatic carboxylic acids is 1. The molecule has 250 valence electrons. The van der Waals surface area contributed by atoms with Crippen LogP contribution in [0, 0.1) is 0 Å². The quantitative estimate of drug-likeness (QED) is 0.110. The molecule has 5 N–H and O–H groups in total. The van der Waals surface area contributed by atoms with Crippen molar-refractivity contribution in [1.82, 2.24) is 25.9 Å². The molecule has 2 heterocycles. The molecule has 0 spiro atoms. The molecule has 0 radical (unpaired) electrons. The van der Waals surface area contributed by atoms with Gasteiger partial charge in [0, 0.05) is 41.5 Å². The molecule has 0 saturated carbocycles. The maximum absolute atomic E-state index is 14.0. The lowest BCUT2D eigenvalue weighted by molar-refractivity contribution is -0.144. The number of carboxylic acids is 1. The lowest BCUT2D eigenvalue weighted by Gasteiger charge is -2.37. The predicted molar refractivity (Wildman–Crippen MR) is 189 cm³/mol. The molecule has 6 aromatic rings. The molecule has 0 fully saturated rings. The fourth-order valence-corrected chi connectivity index (χ4v) is 6.17. The minimum absolute atomic E-state index is 0.0599. The van der Waals surface area contributed by atoms with E-state index < -0.39 is 47.7 Å². The summed E-state index contributed by atoms with van der Waals surface area (Å²) in [6.07, 6.45) is 4.16. The van der Waals surface area contributed by atoms with E-state index in [0.29, 0.717) is 0 Å². The topological polar surface area (TPSA) is 153 Å². The Hall–Kier alpha value is -6.55. The summed E-state index contributed by atoms with van der Waals surface area (Å²) >= 11 is 0. The van der Waals surface area contributed by atoms with Gasteiger partial charge in [0.05, 0.1) is 6.42 Å². The van der Waals surface area contributed by atoms with Crippen LogP contribution >= 0.6 is 0 Å². The van der Waals surface area contributed by atoms with E-state index >= 15 is 0 Å². The highest BCUT2D eigenvalue weighted by Gasteiger charge is 2.39. The number of carboxylic acid groups (broad SMARTS) is 1. The number of hydrogen-bond donors (Lipinski definition) is 5. The van der Waals surface area contributed by atoms with Crippen molar-refractivity contribution in [2.45, 2.75) is 30.5 Å². The van der Waals surface area contributed by atoms with Gasteiger partial charge in [-0.25, -0.2) is 4.79 Å². The van der Waals surface area contributed by atoms with Crippen LogP contribution in [0.4, 0.5) is 0 Å². The fraction of sp³-hybridized carbons (Fsp3) is 0.125. The molecule has 0 aliphatic rings. The largest absolute Gasteiger partial charge is 0.480 e. The van der Waals surface area contributed by atoms with Gasteiger partial charge in [-0.1, -0.05) is 109 Å². The zero-order valence-corrected chi connectivity index (χ0v) is 27.0. The molecule has 0 saturated heterocycles. The number of carbonyl (C=O) groups is 4. The van der Waals surface area contributed by atoms with E-state index in [1.54, 1.807) is 6.20 Å². The number of pyridine rings is 1. The number of H-pyrrole nitrogens is 1. The summed E-state index contributed by atoms with van der Waals surface area (Å²) in [4.78, 5) is 60.8. The Morgan fingerprint density at radius 1 is 0.680 bits per heavy atom. The van der Waals surface area contributed by atoms with Gasteiger partial charge in [-0.05, 0) is 40.5 Å². The van der Waals surface area contributed by atoms with E-state index in [1.165, 1.54) is 24.5 Å². The summed E-state index contributed by atoms with van der Waals surface area (Å²) in [5, 5.41) is 19.6. The number of hydrogen-bond acceptors (Lipinski definition) is 5. The van der Waals surface area contributed by atoms with Gasteiger partial charge in [0.1, 0.15) is 17.6 Å². The maximum Gasteiger partial charge on any atom is 0.326 e. The molecule has 0 aliphatic carbocycles. The Kier molecular flexibility index (Phi) is 10.1. The second kappa shape index (κ2) is 15.1. The van der Waals surface area contributed by atoms with Crippen molar-refractivity contribution in [1.29, 1.82) is 0 Å². The van der Waals surface area contributed by atoms with Crippen molar-refractivity contribution in [3.63, 3.8) is 0 Å². The lowest BCUT2D eigenvalue weighted by atomic mass is 9.77. The third-order valence-corrected chi connectivity index (χ3v) is 8.61. The SMILES string of the molecule is O=C(C[C@H](NC(=O)[C@H](Cc1c[nH]c2ccccc12)NC(=O)c1ccncc1)C(=O)O)NC(c1ccccc1)(c1ccccc1)c1ccccc1. The number of benzene rings is 4. The Bertz CT molecular complexity index is 1990. The highest BCUT2D eigenvalue weighted by molar-refractivity contribution is 5.99. The Labute approximate surface area is 288 Å². The molecule has 0 aliphatic heterocycles. The highest BCUT2D eigenvalue weighted by Crippen LogP contribution is 2.37. The third-order valence-electron chi connectivity index (χ3n) is 8.61. The van der Waals surface area contributed by atoms with Gasteiger partial charge in [-0.3, -0.25) is 19.4 Å². The first-order valence-corrected chi connectivity index (χ1v) is 16.1. The molecule has 0 unspecified atom stereocenters. The van der Waals surface area contributed by atoms with Gasteiger partial charge >= 0.3 is 5.97 Å². The Balaban J connectivity index is 1.28. The van der Waals surface area contributed by atoms with Gasteiger partial charge in [0.25, 0.3) is 5.91 Å². The molecule has 0 bridgehead atoms. The number of para-hydroxylation sites is 1. The van der Waals surface area contributed by atoms with Crippen LogP contribution in [0.25, 0.3) is 10.9 Å². The molecule has 2 atom stereocenters. The summed E-state index contributed by atoms with van der Waals surface area (Å²) in [5.74, 6) is -3.29. The average molecular weight is 666 g/mol. The van der Waals surface area contributed by atoms with Crippen LogP contribution < -0.4 is 16.0 Å². The van der Waals surface area contributed by atoms with E-state index in [-0.39, 0.29) is 12.0 Å². The summed E-state index contributed by atoms with van der Waals surface area (Å²) < 4.78 is 0. The maximum atomic E-state index is 14.0. The number of rotatable bonds is 13. The van der Waals surface area contributed by atoms with Gasteiger partial charge in [-0.2, -0.15) is 0 Å². The molecule has 10 heteroatoms. The van der Waals surface area contributed by atoms with Gasteiger partial charge in [-0.15, -0.1) is 0 Å². The molecule has 2 aromatic heterocycles. The molecule has 4 aromatic carbocycles. The highest BCUT2D eigenvalue weighted by atomic mass is 16.4. The molecular weight excluding hydrogens is 630 g/mol. The Morgan fingerprint density at radius 3 is 1.78 bits per heavy atom. The second-order valence-electron chi connectivity index (χ2n) is 11.8. The van der Waals surface area contributed by atoms with E-state index in [1.807, 2.05) is 115 Å². The minimum Gasteiger partial charge on any atom is -0.480 e. The van der Waals surface area contributed by atoms with Gasteiger partial charge in [0.15, 0.2) is 0 Å². The summed E-state index contributed by atoms with van der Waals surface area (Å²) in [7, 11) is 0. The van der Waals surface area contributed by atoms with Crippen LogP contribution in [0.1, 0.15) is 39.0 Å². The monoisotopic (exact) mass is 665 g/mol. The Morgan fingerprint density at radius 2 is 1.22 bits per heavy atom. The first kappa shape index (κ1) is 33.4. The van der Waals surface area contributed by atoms with E-state index in [9.17, 15) is 24.3 Å². The van der Waals surface area contributed by atoms with Crippen LogP contribution in [-0.4, -0.2) is 50.8 Å². The number of nitrogens with one attached hydrogen (secondary N) is 4. The smallest absolute Gasteiger partial charge is 0.326 e. The van der Waals surface area contributed by atoms with Crippen molar-refractivity contribution in [2.24, 2.45) is 0 Å². The average Bonchev–Trinajstić information content (AvgIpc) is 3.57. The summed E-state index contributed by atoms with van der Waals surface area (Å²) in [5.41, 5.74) is 2.99. The lowest BCUT2D eigenvalue weighted by Crippen LogP contribution is -2.54. The first-order chi connectivity index (χ1) is 24.3. The molecule has 6 rings (SSSR count). The van der Waals surface area contributed by atoms with Crippen LogP contribution in [-0.2, 0) is 26.3 Å². The standard InChI is InChI=1S/C40H35N5O5/c46-36(45-40(29-12-4-1-5-13-29,30-14-6-2-7-15-30)31-16-8-3-9-17-31)25-35(39(49)50)44-38(48)34(43-37(47)27-20-22-41-23-21-27)24-28-26-42-33-19-11-10-18-32(28)33/h1-23,26,34-35,42H,24-25H2,(H,43,47)(H,44,48)(H,45,46)(H,49,50)/t34-,35-/m0/s1. The number of amides is 3. The molecule has 50 heavy (non-hydrogen) atoms. The van der Waals surface area contributed by atoms with E-state index in [2.05, 4.69) is 25.9 Å². The van der Waals surface area contributed by atoms with E-state index in [0.717, 1.165) is 33.2 Å². The van der Waals surface area contributed by atoms with Crippen molar-refractivity contribution in [2.75, 3.05) is 0 Å². The van der Waals surface area contributed by atoms with Crippen molar-refractivity contribution < 1.29 is 24.3 Å². The van der Waals surface area contributed by atoms with E-state index in [4.69, 9.17) is 0 Å². The predicted octanol–water partition coefficient (Wildman–Crippen LogP) is 4.97. The zero-order chi connectivity index (χ0) is 34.9. The van der Waals surface area contributed by atoms with Crippen molar-refractivity contribution in [3.05, 3.63) is 174 Å². The molecule has 3 amide bonds. The minimum atomic E-state index is -1.61. The number of aromatic amines is 1. The zero-order valence-electron chi connectivity index (χ0n) is 27.0. The van der Waals surface area contributed by atoms with Crippen molar-refractivity contribution in [3.8, 4) is 0 Å². The van der Waals surface area contributed by atoms with Crippen LogP contribution in [0.15, 0.2) is 146 Å². The van der Waals surface area contributed by atoms with Crippen LogP contribution in [0.5, 0.6) is 0 Å².